The molecule has 0 bridgehead atoms. The molecule has 0 radical (unpaired) electrons. The molecular weight excluding hydrogens is 400 g/mol. The molecule has 28 heavy (non-hydrogen) atoms. The quantitative estimate of drug-likeness (QED) is 0.741. The fourth-order valence-electron chi connectivity index (χ4n) is 2.85. The molecule has 1 aliphatic rings. The van der Waals surface area contributed by atoms with Crippen LogP contribution in [0.15, 0.2) is 52.1 Å². The van der Waals surface area contributed by atoms with E-state index in [1.807, 2.05) is 18.2 Å². The number of rotatable bonds is 6. The molecular formula is C18H22N4O4S2. The Morgan fingerprint density at radius 3 is 2.36 bits per heavy atom. The molecule has 1 saturated heterocycles. The fraction of sp³-hybridized carbons (Fsp3) is 0.333. The lowest BCUT2D eigenvalue weighted by Crippen LogP contribution is -2.50. The summed E-state index contributed by atoms with van der Waals surface area (Å²) in [5.41, 5.74) is 0.675. The Hall–Kier alpha value is -2.43. The summed E-state index contributed by atoms with van der Waals surface area (Å²) in [5.74, 6) is -0.104. The molecule has 0 saturated carbocycles. The van der Waals surface area contributed by atoms with Gasteiger partial charge in [-0.1, -0.05) is 24.3 Å². The van der Waals surface area contributed by atoms with Crippen molar-refractivity contribution in [2.24, 2.45) is 0 Å². The summed E-state index contributed by atoms with van der Waals surface area (Å²) in [6.45, 7) is 1.45. The molecule has 1 aliphatic heterocycles. The van der Waals surface area contributed by atoms with E-state index >= 15 is 0 Å². The first kappa shape index (κ1) is 20.3. The molecule has 3 rings (SSSR count). The van der Waals surface area contributed by atoms with Crippen molar-refractivity contribution in [3.63, 3.8) is 0 Å². The Labute approximate surface area is 168 Å². The van der Waals surface area contributed by atoms with Crippen LogP contribution in [-0.4, -0.2) is 62.3 Å². The Morgan fingerprint density at radius 1 is 1.00 bits per heavy atom. The highest BCUT2D eigenvalue weighted by Crippen LogP contribution is 2.22. The van der Waals surface area contributed by atoms with Crippen LogP contribution in [0.3, 0.4) is 0 Å². The lowest BCUT2D eigenvalue weighted by Gasteiger charge is -2.33. The van der Waals surface area contributed by atoms with E-state index in [4.69, 9.17) is 0 Å². The molecule has 3 amide bonds. The number of nitrogens with zero attached hydrogens (tertiary/aromatic N) is 2. The first-order valence-corrected chi connectivity index (χ1v) is 11.2. The molecule has 8 nitrogen and oxygen atoms in total. The van der Waals surface area contributed by atoms with E-state index in [2.05, 4.69) is 10.6 Å². The van der Waals surface area contributed by atoms with Gasteiger partial charge < -0.3 is 15.5 Å². The predicted octanol–water partition coefficient (Wildman–Crippen LogP) is 1.79. The molecule has 0 aliphatic carbocycles. The number of hydrogen-bond acceptors (Lipinski definition) is 5. The Bertz CT molecular complexity index is 893. The van der Waals surface area contributed by atoms with Gasteiger partial charge in [0.15, 0.2) is 0 Å². The van der Waals surface area contributed by atoms with Gasteiger partial charge in [-0.15, -0.1) is 11.3 Å². The highest BCUT2D eigenvalue weighted by Gasteiger charge is 2.30. The van der Waals surface area contributed by atoms with Gasteiger partial charge in [-0.25, -0.2) is 13.2 Å². The van der Waals surface area contributed by atoms with Crippen LogP contribution in [-0.2, 0) is 14.8 Å². The summed E-state index contributed by atoms with van der Waals surface area (Å²) in [5, 5.41) is 7.06. The van der Waals surface area contributed by atoms with Gasteiger partial charge in [0.1, 0.15) is 4.21 Å². The summed E-state index contributed by atoms with van der Waals surface area (Å²) < 4.78 is 26.7. The molecule has 2 heterocycles. The van der Waals surface area contributed by atoms with Crippen LogP contribution in [0.5, 0.6) is 0 Å². The lowest BCUT2D eigenvalue weighted by atomic mass is 10.3. The van der Waals surface area contributed by atoms with Crippen molar-refractivity contribution in [2.45, 2.75) is 10.6 Å². The van der Waals surface area contributed by atoms with Crippen LogP contribution in [0.1, 0.15) is 6.42 Å². The number of sulfonamides is 1. The maximum absolute atomic E-state index is 12.5. The number of hydrogen-bond donors (Lipinski definition) is 2. The monoisotopic (exact) mass is 422 g/mol. The summed E-state index contributed by atoms with van der Waals surface area (Å²) in [6.07, 6.45) is 0.167. The predicted molar refractivity (Wildman–Crippen MR) is 108 cm³/mol. The van der Waals surface area contributed by atoms with Gasteiger partial charge >= 0.3 is 6.03 Å². The number of piperazine rings is 1. The number of carbonyl (C=O) groups is 2. The zero-order valence-corrected chi connectivity index (χ0v) is 16.8. The second kappa shape index (κ2) is 9.18. The first-order valence-electron chi connectivity index (χ1n) is 8.88. The maximum atomic E-state index is 12.5. The topological polar surface area (TPSA) is 98.8 Å². The minimum Gasteiger partial charge on any atom is -0.340 e. The fourth-order valence-corrected chi connectivity index (χ4v) is 5.42. The van der Waals surface area contributed by atoms with Crippen molar-refractivity contribution in [3.05, 3.63) is 47.8 Å². The van der Waals surface area contributed by atoms with E-state index in [-0.39, 0.29) is 38.0 Å². The van der Waals surface area contributed by atoms with Crippen molar-refractivity contribution >= 4 is 39.0 Å². The smallest absolute Gasteiger partial charge is 0.319 e. The van der Waals surface area contributed by atoms with Gasteiger partial charge in [0.25, 0.3) is 10.0 Å². The van der Waals surface area contributed by atoms with Gasteiger partial charge in [-0.2, -0.15) is 4.31 Å². The van der Waals surface area contributed by atoms with Crippen LogP contribution in [0.4, 0.5) is 10.5 Å². The summed E-state index contributed by atoms with van der Waals surface area (Å²) in [6, 6.07) is 12.0. The molecule has 2 N–H and O–H groups in total. The third-order valence-corrected chi connectivity index (χ3v) is 7.61. The summed E-state index contributed by atoms with van der Waals surface area (Å²) >= 11 is 1.19. The van der Waals surface area contributed by atoms with Crippen LogP contribution in [0, 0.1) is 0 Å². The molecule has 150 valence electrons. The van der Waals surface area contributed by atoms with Crippen molar-refractivity contribution in [1.29, 1.82) is 0 Å². The summed E-state index contributed by atoms with van der Waals surface area (Å²) in [7, 11) is -3.48. The molecule has 1 aromatic heterocycles. The number of thiophene rings is 1. The van der Waals surface area contributed by atoms with Gasteiger partial charge in [-0.3, -0.25) is 4.79 Å². The van der Waals surface area contributed by atoms with Gasteiger partial charge in [-0.05, 0) is 23.6 Å². The molecule has 2 aromatic rings. The number of carbonyl (C=O) groups excluding carboxylic acids is 2. The molecule has 0 atom stereocenters. The normalized spacial score (nSPS) is 15.2. The van der Waals surface area contributed by atoms with Crippen LogP contribution < -0.4 is 10.6 Å². The third kappa shape index (κ3) is 5.09. The minimum absolute atomic E-state index is 0.104. The van der Waals surface area contributed by atoms with Crippen molar-refractivity contribution < 1.29 is 18.0 Å². The largest absolute Gasteiger partial charge is 0.340 e. The lowest BCUT2D eigenvalue weighted by molar-refractivity contribution is -0.132. The number of urea groups is 1. The molecule has 10 heteroatoms. The SMILES string of the molecule is O=C(NCCC(=O)N1CCN(S(=O)(=O)c2cccs2)CC1)Nc1ccccc1. The van der Waals surface area contributed by atoms with Crippen LogP contribution in [0.25, 0.3) is 0 Å². The van der Waals surface area contributed by atoms with Gasteiger partial charge in [0, 0.05) is 44.8 Å². The van der Waals surface area contributed by atoms with Crippen LogP contribution >= 0.6 is 11.3 Å². The van der Waals surface area contributed by atoms with E-state index < -0.39 is 10.0 Å². The zero-order valence-electron chi connectivity index (χ0n) is 15.2. The van der Waals surface area contributed by atoms with Crippen molar-refractivity contribution in [1.82, 2.24) is 14.5 Å². The average molecular weight is 423 g/mol. The number of amides is 3. The Morgan fingerprint density at radius 2 is 1.71 bits per heavy atom. The second-order valence-corrected chi connectivity index (χ2v) is 9.33. The van der Waals surface area contributed by atoms with E-state index in [0.717, 1.165) is 0 Å². The van der Waals surface area contributed by atoms with E-state index in [1.165, 1.54) is 15.6 Å². The minimum atomic E-state index is -3.48. The number of benzene rings is 1. The average Bonchev–Trinajstić information content (AvgIpc) is 3.24. The second-order valence-electron chi connectivity index (χ2n) is 6.21. The van der Waals surface area contributed by atoms with E-state index in [9.17, 15) is 18.0 Å². The van der Waals surface area contributed by atoms with Gasteiger partial charge in [0.05, 0.1) is 0 Å². The summed E-state index contributed by atoms with van der Waals surface area (Å²) in [4.78, 5) is 25.8. The molecule has 1 fully saturated rings. The highest BCUT2D eigenvalue weighted by atomic mass is 32.2. The van der Waals surface area contributed by atoms with Gasteiger partial charge in [0.2, 0.25) is 5.91 Å². The number of nitrogens with one attached hydrogen (secondary N) is 2. The van der Waals surface area contributed by atoms with Crippen LogP contribution in [0.2, 0.25) is 0 Å². The van der Waals surface area contributed by atoms with E-state index in [1.54, 1.807) is 34.5 Å². The third-order valence-electron chi connectivity index (χ3n) is 4.34. The zero-order chi connectivity index (χ0) is 20.0. The highest BCUT2D eigenvalue weighted by molar-refractivity contribution is 7.91. The van der Waals surface area contributed by atoms with Crippen molar-refractivity contribution in [3.8, 4) is 0 Å². The molecule has 0 unspecified atom stereocenters. The standard InChI is InChI=1S/C18H22N4O4S2/c23-16(8-9-19-18(24)20-15-5-2-1-3-6-15)21-10-12-22(13-11-21)28(25,26)17-7-4-14-27-17/h1-7,14H,8-13H2,(H2,19,20,24). The maximum Gasteiger partial charge on any atom is 0.319 e. The van der Waals surface area contributed by atoms with Crippen molar-refractivity contribution in [2.75, 3.05) is 38.0 Å². The molecule has 1 aromatic carbocycles. The van der Waals surface area contributed by atoms with E-state index in [0.29, 0.717) is 23.0 Å². The molecule has 0 spiro atoms. The first-order chi connectivity index (χ1) is 13.5. The Kier molecular flexibility index (Phi) is 6.65. The number of para-hydroxylation sites is 1. The Balaban J connectivity index is 1.40. The number of anilines is 1.